The van der Waals surface area contributed by atoms with Gasteiger partial charge in [0.2, 0.25) is 5.91 Å². The third-order valence-corrected chi connectivity index (χ3v) is 4.22. The van der Waals surface area contributed by atoms with E-state index in [0.29, 0.717) is 4.68 Å². The number of amides is 2. The highest BCUT2D eigenvalue weighted by atomic mass is 19.4. The van der Waals surface area contributed by atoms with Gasteiger partial charge in [-0.15, -0.1) is 0 Å². The summed E-state index contributed by atoms with van der Waals surface area (Å²) in [6.07, 6.45) is -2.14. The van der Waals surface area contributed by atoms with E-state index in [0.717, 1.165) is 29.5 Å². The molecule has 9 heteroatoms. The van der Waals surface area contributed by atoms with Crippen LogP contribution in [0.2, 0.25) is 0 Å². The molecule has 2 aromatic rings. The van der Waals surface area contributed by atoms with E-state index in [1.54, 1.807) is 12.1 Å². The number of hydrogen-bond donors (Lipinski definition) is 1. The molecule has 144 valence electrons. The zero-order valence-corrected chi connectivity index (χ0v) is 14.9. The van der Waals surface area contributed by atoms with Crippen LogP contribution >= 0.6 is 0 Å². The van der Waals surface area contributed by atoms with Gasteiger partial charge in [-0.1, -0.05) is 17.7 Å². The standard InChI is InChI=1S/C18H19F3N4O2/c1-11-3-7-13(8-4-11)25-16(18(19,20)21)14(9-22-25)17(27)24(2)10-15(26)23-12-5-6-12/h3-4,7-9,12H,5-6,10H2,1-2H3,(H,23,26). The molecule has 1 N–H and O–H groups in total. The van der Waals surface area contributed by atoms with Crippen LogP contribution in [-0.4, -0.2) is 46.1 Å². The number of nitrogens with one attached hydrogen (secondary N) is 1. The molecule has 0 unspecified atom stereocenters. The summed E-state index contributed by atoms with van der Waals surface area (Å²) in [5.41, 5.74) is -0.672. The number of likely N-dealkylation sites (N-methyl/N-ethyl adjacent to an activating group) is 1. The number of halogens is 3. The van der Waals surface area contributed by atoms with E-state index in [4.69, 9.17) is 0 Å². The number of nitrogens with zero attached hydrogens (tertiary/aromatic N) is 3. The van der Waals surface area contributed by atoms with Crippen molar-refractivity contribution in [2.24, 2.45) is 0 Å². The Balaban J connectivity index is 1.89. The third kappa shape index (κ3) is 4.29. The Bertz CT molecular complexity index is 854. The van der Waals surface area contributed by atoms with Crippen LogP contribution in [0, 0.1) is 6.92 Å². The zero-order chi connectivity index (χ0) is 19.8. The van der Waals surface area contributed by atoms with E-state index in [2.05, 4.69) is 10.4 Å². The lowest BCUT2D eigenvalue weighted by atomic mass is 10.2. The normalized spacial score (nSPS) is 14.1. The Kier molecular flexibility index (Phi) is 4.95. The van der Waals surface area contributed by atoms with E-state index in [1.165, 1.54) is 19.2 Å². The number of carbonyl (C=O) groups excluding carboxylic acids is 2. The van der Waals surface area contributed by atoms with Gasteiger partial charge < -0.3 is 10.2 Å². The minimum absolute atomic E-state index is 0.107. The van der Waals surface area contributed by atoms with Gasteiger partial charge in [0, 0.05) is 13.1 Å². The van der Waals surface area contributed by atoms with Gasteiger partial charge in [-0.3, -0.25) is 9.59 Å². The second-order valence-electron chi connectivity index (χ2n) is 6.65. The number of rotatable bonds is 5. The van der Waals surface area contributed by atoms with E-state index in [1.807, 2.05) is 6.92 Å². The number of benzene rings is 1. The van der Waals surface area contributed by atoms with Crippen molar-refractivity contribution in [1.82, 2.24) is 20.0 Å². The van der Waals surface area contributed by atoms with Crippen molar-refractivity contribution >= 4 is 11.8 Å². The second-order valence-corrected chi connectivity index (χ2v) is 6.65. The molecule has 0 aliphatic heterocycles. The lowest BCUT2D eigenvalue weighted by Gasteiger charge is -2.18. The Morgan fingerprint density at radius 1 is 1.26 bits per heavy atom. The Hall–Kier alpha value is -2.84. The summed E-state index contributed by atoms with van der Waals surface area (Å²) in [5.74, 6) is -1.31. The van der Waals surface area contributed by atoms with Crippen molar-refractivity contribution in [1.29, 1.82) is 0 Å². The average Bonchev–Trinajstić information content (AvgIpc) is 3.27. The van der Waals surface area contributed by atoms with Crippen LogP contribution in [0.15, 0.2) is 30.5 Å². The van der Waals surface area contributed by atoms with Crippen LogP contribution in [-0.2, 0) is 11.0 Å². The van der Waals surface area contributed by atoms with Crippen LogP contribution in [0.5, 0.6) is 0 Å². The minimum atomic E-state index is -4.79. The lowest BCUT2D eigenvalue weighted by molar-refractivity contribution is -0.143. The molecule has 1 fully saturated rings. The van der Waals surface area contributed by atoms with Gasteiger partial charge in [-0.2, -0.15) is 18.3 Å². The summed E-state index contributed by atoms with van der Waals surface area (Å²) in [6, 6.07) is 6.42. The number of aryl methyl sites for hydroxylation is 1. The maximum atomic E-state index is 13.7. The van der Waals surface area contributed by atoms with Gasteiger partial charge in [0.05, 0.1) is 24.0 Å². The number of alkyl halides is 3. The largest absolute Gasteiger partial charge is 0.434 e. The number of hydrogen-bond acceptors (Lipinski definition) is 3. The molecule has 0 saturated heterocycles. The van der Waals surface area contributed by atoms with Crippen molar-refractivity contribution in [3.8, 4) is 5.69 Å². The van der Waals surface area contributed by atoms with Crippen LogP contribution in [0.3, 0.4) is 0 Å². The first kappa shape index (κ1) is 18.9. The van der Waals surface area contributed by atoms with Gasteiger partial charge in [0.1, 0.15) is 0 Å². The Morgan fingerprint density at radius 2 is 1.89 bits per heavy atom. The van der Waals surface area contributed by atoms with E-state index in [9.17, 15) is 22.8 Å². The van der Waals surface area contributed by atoms with Gasteiger partial charge >= 0.3 is 6.18 Å². The summed E-state index contributed by atoms with van der Waals surface area (Å²) in [5, 5.41) is 6.47. The topological polar surface area (TPSA) is 67.2 Å². The van der Waals surface area contributed by atoms with Crippen molar-refractivity contribution in [2.75, 3.05) is 13.6 Å². The molecule has 0 atom stereocenters. The highest BCUT2D eigenvalue weighted by Gasteiger charge is 2.41. The van der Waals surface area contributed by atoms with E-state index >= 15 is 0 Å². The molecular weight excluding hydrogens is 361 g/mol. The molecule has 3 rings (SSSR count). The third-order valence-electron chi connectivity index (χ3n) is 4.22. The average molecular weight is 380 g/mol. The fraction of sp³-hybridized carbons (Fsp3) is 0.389. The monoisotopic (exact) mass is 380 g/mol. The Labute approximate surface area is 154 Å². The first-order valence-corrected chi connectivity index (χ1v) is 8.44. The maximum Gasteiger partial charge on any atom is 0.434 e. The molecule has 0 bridgehead atoms. The van der Waals surface area contributed by atoms with Gasteiger partial charge in [0.25, 0.3) is 5.91 Å². The summed E-state index contributed by atoms with van der Waals surface area (Å²) in [6.45, 7) is 1.50. The van der Waals surface area contributed by atoms with E-state index < -0.39 is 29.2 Å². The molecule has 1 saturated carbocycles. The molecule has 1 aliphatic carbocycles. The van der Waals surface area contributed by atoms with Crippen LogP contribution in [0.4, 0.5) is 13.2 Å². The highest BCUT2D eigenvalue weighted by Crippen LogP contribution is 2.34. The molecule has 1 aromatic heterocycles. The van der Waals surface area contributed by atoms with Crippen LogP contribution in [0.25, 0.3) is 5.69 Å². The smallest absolute Gasteiger partial charge is 0.352 e. The molecule has 2 amide bonds. The molecule has 1 aromatic carbocycles. The summed E-state index contributed by atoms with van der Waals surface area (Å²) in [7, 11) is 1.29. The minimum Gasteiger partial charge on any atom is -0.352 e. The van der Waals surface area contributed by atoms with Crippen molar-refractivity contribution in [3.05, 3.63) is 47.3 Å². The molecule has 1 aliphatic rings. The van der Waals surface area contributed by atoms with Crippen LogP contribution in [0.1, 0.15) is 34.5 Å². The summed E-state index contributed by atoms with van der Waals surface area (Å²) < 4.78 is 41.7. The van der Waals surface area contributed by atoms with Gasteiger partial charge in [-0.05, 0) is 31.9 Å². The number of carbonyl (C=O) groups is 2. The fourth-order valence-electron chi connectivity index (χ4n) is 2.65. The first-order chi connectivity index (χ1) is 12.7. The predicted octanol–water partition coefficient (Wildman–Crippen LogP) is 2.55. The van der Waals surface area contributed by atoms with Crippen molar-refractivity contribution < 1.29 is 22.8 Å². The molecule has 27 heavy (non-hydrogen) atoms. The van der Waals surface area contributed by atoms with Crippen LogP contribution < -0.4 is 5.32 Å². The summed E-state index contributed by atoms with van der Waals surface area (Å²) in [4.78, 5) is 25.3. The second kappa shape index (κ2) is 7.05. The van der Waals surface area contributed by atoms with Crippen molar-refractivity contribution in [3.63, 3.8) is 0 Å². The first-order valence-electron chi connectivity index (χ1n) is 8.44. The van der Waals surface area contributed by atoms with Gasteiger partial charge in [-0.25, -0.2) is 4.68 Å². The van der Waals surface area contributed by atoms with Crippen molar-refractivity contribution in [2.45, 2.75) is 32.0 Å². The molecule has 6 nitrogen and oxygen atoms in total. The highest BCUT2D eigenvalue weighted by molar-refractivity contribution is 5.97. The lowest BCUT2D eigenvalue weighted by Crippen LogP contribution is -2.39. The molecule has 0 spiro atoms. The van der Waals surface area contributed by atoms with Gasteiger partial charge in [0.15, 0.2) is 5.69 Å². The Morgan fingerprint density at radius 3 is 2.44 bits per heavy atom. The molecular formula is C18H19F3N4O2. The number of aromatic nitrogens is 2. The molecule has 0 radical (unpaired) electrons. The summed E-state index contributed by atoms with van der Waals surface area (Å²) >= 11 is 0. The zero-order valence-electron chi connectivity index (χ0n) is 14.9. The SMILES string of the molecule is Cc1ccc(-n2ncc(C(=O)N(C)CC(=O)NC3CC3)c2C(F)(F)F)cc1. The quantitative estimate of drug-likeness (QED) is 0.867. The predicted molar refractivity (Wildman–Crippen MR) is 91.4 cm³/mol. The maximum absolute atomic E-state index is 13.7. The van der Waals surface area contributed by atoms with E-state index in [-0.39, 0.29) is 18.3 Å². The fourth-order valence-corrected chi connectivity index (χ4v) is 2.65. The molecule has 1 heterocycles.